The van der Waals surface area contributed by atoms with Crippen molar-refractivity contribution in [3.8, 4) is 5.75 Å². The molecule has 0 aromatic heterocycles. The highest BCUT2D eigenvalue weighted by molar-refractivity contribution is 5.39. The van der Waals surface area contributed by atoms with Gasteiger partial charge in [-0.05, 0) is 43.0 Å². The second-order valence-corrected chi connectivity index (χ2v) is 5.14. The van der Waals surface area contributed by atoms with Crippen LogP contribution in [0.25, 0.3) is 0 Å². The molecule has 0 heterocycles. The van der Waals surface area contributed by atoms with E-state index in [1.54, 1.807) is 7.11 Å². The molecule has 0 bridgehead atoms. The van der Waals surface area contributed by atoms with Crippen molar-refractivity contribution in [2.75, 3.05) is 33.4 Å². The lowest BCUT2D eigenvalue weighted by molar-refractivity contribution is 0.193. The summed E-state index contributed by atoms with van der Waals surface area (Å²) in [6, 6.07) is 6.44. The summed E-state index contributed by atoms with van der Waals surface area (Å²) >= 11 is 0. The summed E-state index contributed by atoms with van der Waals surface area (Å²) in [4.78, 5) is 0. The molecule has 0 radical (unpaired) electrons. The summed E-state index contributed by atoms with van der Waals surface area (Å²) in [7, 11) is 1.73. The quantitative estimate of drug-likeness (QED) is 0.696. The molecular formula is C16H27NO2. The fraction of sp³-hybridized carbons (Fsp3) is 0.625. The fourth-order valence-corrected chi connectivity index (χ4v) is 1.94. The van der Waals surface area contributed by atoms with E-state index in [4.69, 9.17) is 9.47 Å². The van der Waals surface area contributed by atoms with Crippen LogP contribution in [0.3, 0.4) is 0 Å². The van der Waals surface area contributed by atoms with Crippen molar-refractivity contribution in [1.29, 1.82) is 0 Å². The number of rotatable bonds is 9. The predicted octanol–water partition coefficient (Wildman–Crippen LogP) is 3.12. The van der Waals surface area contributed by atoms with Crippen LogP contribution >= 0.6 is 0 Å². The molecular weight excluding hydrogens is 238 g/mol. The van der Waals surface area contributed by atoms with Gasteiger partial charge >= 0.3 is 0 Å². The average Bonchev–Trinajstić information content (AvgIpc) is 2.37. The first-order valence-electron chi connectivity index (χ1n) is 7.08. The van der Waals surface area contributed by atoms with Crippen molar-refractivity contribution in [3.63, 3.8) is 0 Å². The van der Waals surface area contributed by atoms with Crippen LogP contribution < -0.4 is 10.1 Å². The Labute approximate surface area is 117 Å². The third kappa shape index (κ3) is 6.08. The summed E-state index contributed by atoms with van der Waals surface area (Å²) in [6.07, 6.45) is 1.04. The number of benzene rings is 1. The summed E-state index contributed by atoms with van der Waals surface area (Å²) < 4.78 is 10.9. The first-order valence-corrected chi connectivity index (χ1v) is 7.08. The van der Waals surface area contributed by atoms with Crippen molar-refractivity contribution >= 4 is 0 Å². The molecule has 0 amide bonds. The van der Waals surface area contributed by atoms with Crippen LogP contribution in [0.15, 0.2) is 18.2 Å². The van der Waals surface area contributed by atoms with Crippen molar-refractivity contribution in [2.24, 2.45) is 0 Å². The zero-order valence-electron chi connectivity index (χ0n) is 12.7. The Kier molecular flexibility index (Phi) is 7.53. The van der Waals surface area contributed by atoms with Gasteiger partial charge in [-0.2, -0.15) is 0 Å². The molecule has 0 fully saturated rings. The minimum atomic E-state index is 0.491. The summed E-state index contributed by atoms with van der Waals surface area (Å²) in [5, 5.41) is 3.35. The standard InChI is InChI=1S/C16H27NO2/c1-13(2)15-7-6-14(3)12-16(15)19-11-9-17-8-5-10-18-4/h6-7,12-13,17H,5,8-11H2,1-4H3. The molecule has 0 saturated carbocycles. The highest BCUT2D eigenvalue weighted by Crippen LogP contribution is 2.27. The Morgan fingerprint density at radius 3 is 2.63 bits per heavy atom. The van der Waals surface area contributed by atoms with Crippen molar-refractivity contribution < 1.29 is 9.47 Å². The molecule has 0 atom stereocenters. The second-order valence-electron chi connectivity index (χ2n) is 5.14. The Bertz CT molecular complexity index is 364. The maximum absolute atomic E-state index is 5.89. The lowest BCUT2D eigenvalue weighted by atomic mass is 10.0. The molecule has 1 aromatic carbocycles. The lowest BCUT2D eigenvalue weighted by Crippen LogP contribution is -2.23. The Balaban J connectivity index is 2.34. The van der Waals surface area contributed by atoms with Gasteiger partial charge < -0.3 is 14.8 Å². The molecule has 0 unspecified atom stereocenters. The van der Waals surface area contributed by atoms with E-state index in [-0.39, 0.29) is 0 Å². The van der Waals surface area contributed by atoms with E-state index < -0.39 is 0 Å². The minimum absolute atomic E-state index is 0.491. The maximum Gasteiger partial charge on any atom is 0.123 e. The van der Waals surface area contributed by atoms with Gasteiger partial charge in [0.15, 0.2) is 0 Å². The number of ether oxygens (including phenoxy) is 2. The summed E-state index contributed by atoms with van der Waals surface area (Å²) in [6.45, 7) is 9.84. The smallest absolute Gasteiger partial charge is 0.123 e. The van der Waals surface area contributed by atoms with Gasteiger partial charge in [-0.25, -0.2) is 0 Å². The normalized spacial score (nSPS) is 11.0. The molecule has 0 aliphatic heterocycles. The number of methoxy groups -OCH3 is 1. The highest BCUT2D eigenvalue weighted by Gasteiger charge is 2.07. The average molecular weight is 265 g/mol. The van der Waals surface area contributed by atoms with Crippen LogP contribution in [0.4, 0.5) is 0 Å². The van der Waals surface area contributed by atoms with Gasteiger partial charge in [0.2, 0.25) is 0 Å². The molecule has 0 saturated heterocycles. The zero-order valence-corrected chi connectivity index (χ0v) is 12.7. The van der Waals surface area contributed by atoms with Gasteiger partial charge in [-0.15, -0.1) is 0 Å². The third-order valence-corrected chi connectivity index (χ3v) is 3.03. The van der Waals surface area contributed by atoms with Gasteiger partial charge in [0.05, 0.1) is 0 Å². The maximum atomic E-state index is 5.89. The van der Waals surface area contributed by atoms with Crippen LogP contribution in [0.1, 0.15) is 37.3 Å². The summed E-state index contributed by atoms with van der Waals surface area (Å²) in [5.74, 6) is 1.51. The van der Waals surface area contributed by atoms with Crippen molar-refractivity contribution in [2.45, 2.75) is 33.1 Å². The second kappa shape index (κ2) is 8.94. The highest BCUT2D eigenvalue weighted by atomic mass is 16.5. The van der Waals surface area contributed by atoms with Gasteiger partial charge in [-0.1, -0.05) is 26.0 Å². The first-order chi connectivity index (χ1) is 9.15. The van der Waals surface area contributed by atoms with Gasteiger partial charge in [0, 0.05) is 20.3 Å². The Morgan fingerprint density at radius 2 is 1.95 bits per heavy atom. The third-order valence-electron chi connectivity index (χ3n) is 3.03. The fourth-order valence-electron chi connectivity index (χ4n) is 1.94. The largest absolute Gasteiger partial charge is 0.492 e. The van der Waals surface area contributed by atoms with E-state index >= 15 is 0 Å². The monoisotopic (exact) mass is 265 g/mol. The Hall–Kier alpha value is -1.06. The van der Waals surface area contributed by atoms with E-state index in [2.05, 4.69) is 44.3 Å². The van der Waals surface area contributed by atoms with Crippen LogP contribution in [0.5, 0.6) is 5.75 Å². The zero-order chi connectivity index (χ0) is 14.1. The van der Waals surface area contributed by atoms with Crippen molar-refractivity contribution in [3.05, 3.63) is 29.3 Å². The van der Waals surface area contributed by atoms with Gasteiger partial charge in [-0.3, -0.25) is 0 Å². The van der Waals surface area contributed by atoms with Crippen LogP contribution in [0.2, 0.25) is 0 Å². The molecule has 1 rings (SSSR count). The SMILES string of the molecule is COCCCNCCOc1cc(C)ccc1C(C)C. The van der Waals surface area contributed by atoms with Crippen LogP contribution in [0, 0.1) is 6.92 Å². The van der Waals surface area contributed by atoms with Gasteiger partial charge in [0.1, 0.15) is 12.4 Å². The van der Waals surface area contributed by atoms with Gasteiger partial charge in [0.25, 0.3) is 0 Å². The number of aryl methyl sites for hydroxylation is 1. The van der Waals surface area contributed by atoms with E-state index in [1.807, 2.05) is 0 Å². The number of nitrogens with one attached hydrogen (secondary N) is 1. The van der Waals surface area contributed by atoms with E-state index in [0.29, 0.717) is 12.5 Å². The topological polar surface area (TPSA) is 30.5 Å². The van der Waals surface area contributed by atoms with Crippen LogP contribution in [-0.4, -0.2) is 33.4 Å². The molecule has 0 spiro atoms. The van der Waals surface area contributed by atoms with E-state index in [1.165, 1.54) is 11.1 Å². The summed E-state index contributed by atoms with van der Waals surface area (Å²) in [5.41, 5.74) is 2.53. The minimum Gasteiger partial charge on any atom is -0.492 e. The molecule has 19 heavy (non-hydrogen) atoms. The molecule has 0 aliphatic carbocycles. The number of hydrogen-bond donors (Lipinski definition) is 1. The molecule has 3 heteroatoms. The molecule has 0 aliphatic rings. The molecule has 108 valence electrons. The molecule has 1 N–H and O–H groups in total. The molecule has 1 aromatic rings. The predicted molar refractivity (Wildman–Crippen MR) is 80.1 cm³/mol. The van der Waals surface area contributed by atoms with Crippen molar-refractivity contribution in [1.82, 2.24) is 5.32 Å². The Morgan fingerprint density at radius 1 is 1.16 bits per heavy atom. The first kappa shape index (κ1) is 16.0. The lowest BCUT2D eigenvalue weighted by Gasteiger charge is -2.15. The number of hydrogen-bond acceptors (Lipinski definition) is 3. The molecule has 3 nitrogen and oxygen atoms in total. The van der Waals surface area contributed by atoms with E-state index in [9.17, 15) is 0 Å². The van der Waals surface area contributed by atoms with Crippen LogP contribution in [-0.2, 0) is 4.74 Å². The van der Waals surface area contributed by atoms with E-state index in [0.717, 1.165) is 31.9 Å².